The summed E-state index contributed by atoms with van der Waals surface area (Å²) in [6, 6.07) is 29.7. The van der Waals surface area contributed by atoms with E-state index < -0.39 is 16.2 Å². The molecule has 0 aliphatic rings. The van der Waals surface area contributed by atoms with Crippen molar-refractivity contribution in [3.8, 4) is 92.4 Å². The molecular weight excluding hydrogens is 1820 g/mol. The van der Waals surface area contributed by atoms with E-state index >= 15 is 0 Å². The molecule has 0 saturated heterocycles. The summed E-state index contributed by atoms with van der Waals surface area (Å²) in [5.41, 5.74) is 3.98. The van der Waals surface area contributed by atoms with E-state index in [4.69, 9.17) is 82.7 Å². The number of alkyl halides is 3. The topological polar surface area (TPSA) is 370 Å². The molecule has 0 atom stereocenters. The molecule has 2 aromatic heterocycles. The van der Waals surface area contributed by atoms with Crippen LogP contribution in [0.4, 0.5) is 59.2 Å². The van der Waals surface area contributed by atoms with Crippen LogP contribution in [0.15, 0.2) is 109 Å². The van der Waals surface area contributed by atoms with E-state index in [0.717, 1.165) is 66.4 Å². The molecule has 0 spiro atoms. The van der Waals surface area contributed by atoms with Crippen molar-refractivity contribution in [1.82, 2.24) is 25.3 Å². The zero-order valence-electron chi connectivity index (χ0n) is 85.8. The fourth-order valence-corrected chi connectivity index (χ4v) is 10.4. The van der Waals surface area contributed by atoms with Crippen molar-refractivity contribution in [2.24, 2.45) is 33.0 Å². The molecular formula is C102H171ClF3N13O20. The predicted molar refractivity (Wildman–Crippen MR) is 563 cm³/mol. The third-order valence-electron chi connectivity index (χ3n) is 16.7. The average Bonchev–Trinajstić information content (AvgIpc) is 0.879. The molecule has 792 valence electrons. The Morgan fingerprint density at radius 2 is 0.705 bits per heavy atom. The molecule has 33 nitrogen and oxygen atoms in total. The number of benzene rings is 6. The van der Waals surface area contributed by atoms with Crippen LogP contribution in [0.1, 0.15) is 202 Å². The average molecular weight is 1990 g/mol. The Morgan fingerprint density at radius 1 is 0.360 bits per heavy atom. The van der Waals surface area contributed by atoms with E-state index in [1.807, 2.05) is 84.0 Å². The molecule has 0 aliphatic heterocycles. The number of nitrogens with one attached hydrogen (secondary N) is 7. The van der Waals surface area contributed by atoms with E-state index in [9.17, 15) is 33.4 Å². The van der Waals surface area contributed by atoms with Crippen LogP contribution in [0, 0.1) is 53.2 Å². The van der Waals surface area contributed by atoms with Gasteiger partial charge in [0.2, 0.25) is 46.8 Å². The Labute approximate surface area is 834 Å². The lowest BCUT2D eigenvalue weighted by atomic mass is 9.97. The maximum Gasteiger partial charge on any atom is 0.573 e. The summed E-state index contributed by atoms with van der Waals surface area (Å²) >= 11 is 5.81. The van der Waals surface area contributed by atoms with Crippen molar-refractivity contribution in [1.29, 1.82) is 0 Å². The van der Waals surface area contributed by atoms with Crippen LogP contribution in [-0.2, 0) is 6.54 Å². The largest absolute Gasteiger partial charge is 0.573 e. The number of non-ortho nitro benzene ring substituents is 2. The number of halogens is 4. The van der Waals surface area contributed by atoms with Gasteiger partial charge in [-0.3, -0.25) is 20.2 Å². The van der Waals surface area contributed by atoms with Gasteiger partial charge in [-0.2, -0.15) is 15.0 Å². The van der Waals surface area contributed by atoms with Crippen molar-refractivity contribution in [3.05, 3.63) is 140 Å². The minimum absolute atomic E-state index is 0. The molecule has 0 radical (unpaired) electrons. The van der Waals surface area contributed by atoms with Gasteiger partial charge in [-0.1, -0.05) is 179 Å². The van der Waals surface area contributed by atoms with E-state index in [-0.39, 0.29) is 92.4 Å². The number of nitrogens with zero attached hydrogens (tertiary/aromatic N) is 6. The Morgan fingerprint density at radius 3 is 1.02 bits per heavy atom. The summed E-state index contributed by atoms with van der Waals surface area (Å²) in [5, 5.41) is 44.2. The summed E-state index contributed by atoms with van der Waals surface area (Å²) in [7, 11) is 22.4. The van der Waals surface area contributed by atoms with Gasteiger partial charge in [0, 0.05) is 146 Å². The Bertz CT molecular complexity index is 4590. The summed E-state index contributed by atoms with van der Waals surface area (Å²) < 4.78 is 119. The highest BCUT2D eigenvalue weighted by atomic mass is 35.5. The van der Waals surface area contributed by atoms with Gasteiger partial charge in [-0.15, -0.1) is 13.2 Å². The van der Waals surface area contributed by atoms with Crippen molar-refractivity contribution >= 4 is 57.6 Å². The molecule has 2 heterocycles. The van der Waals surface area contributed by atoms with Gasteiger partial charge in [0.1, 0.15) is 28.2 Å². The number of hydrogen-bond acceptors (Lipinski definition) is 31. The molecule has 7 N–H and O–H groups in total. The van der Waals surface area contributed by atoms with Crippen LogP contribution in [0.2, 0.25) is 5.15 Å². The molecule has 8 aromatic rings. The normalized spacial score (nSPS) is 10.7. The molecule has 0 aliphatic carbocycles. The number of aromatic nitrogens is 4. The monoisotopic (exact) mass is 1990 g/mol. The summed E-state index contributed by atoms with van der Waals surface area (Å²) in [5.74, 6) is 10.8. The zero-order chi connectivity index (χ0) is 103. The third-order valence-corrected chi connectivity index (χ3v) is 16.9. The number of hydrogen-bond donors (Lipinski definition) is 7. The van der Waals surface area contributed by atoms with Gasteiger partial charge in [0.05, 0.1) is 128 Å². The Hall–Kier alpha value is -12.1. The maximum atomic E-state index is 12.0. The quantitative estimate of drug-likeness (QED) is 0.0114. The van der Waals surface area contributed by atoms with E-state index in [1.165, 1.54) is 24.3 Å². The molecule has 8 rings (SSSR count). The van der Waals surface area contributed by atoms with Gasteiger partial charge >= 0.3 is 6.36 Å². The second-order valence-corrected chi connectivity index (χ2v) is 38.7. The number of methoxy groups -OCH3 is 14. The highest BCUT2D eigenvalue weighted by Crippen LogP contribution is 2.44. The predicted octanol–water partition coefficient (Wildman–Crippen LogP) is 26.2. The molecule has 0 bridgehead atoms. The van der Waals surface area contributed by atoms with E-state index in [1.54, 1.807) is 136 Å². The second-order valence-electron chi connectivity index (χ2n) is 38.3. The fraction of sp³-hybridized carbons (Fsp3) is 0.569. The van der Waals surface area contributed by atoms with Gasteiger partial charge < -0.3 is 113 Å². The molecule has 0 saturated carbocycles. The van der Waals surface area contributed by atoms with Gasteiger partial charge in [0.15, 0.2) is 34.5 Å². The number of rotatable bonds is 33. The first-order chi connectivity index (χ1) is 62.1. The highest BCUT2D eigenvalue weighted by Gasteiger charge is 2.31. The molecule has 37 heteroatoms. The first-order valence-electron chi connectivity index (χ1n) is 42.9. The first kappa shape index (κ1) is 135. The summed E-state index contributed by atoms with van der Waals surface area (Å²) in [4.78, 5) is 36.6. The lowest BCUT2D eigenvalue weighted by molar-refractivity contribution is -0.394. The number of anilines is 6. The minimum Gasteiger partial charge on any atom is -0.497 e. The molecule has 0 amide bonds. The van der Waals surface area contributed by atoms with E-state index in [2.05, 4.69) is 180 Å². The van der Waals surface area contributed by atoms with Crippen molar-refractivity contribution in [2.75, 3.05) is 171 Å². The van der Waals surface area contributed by atoms with Gasteiger partial charge in [-0.05, 0) is 92.2 Å². The van der Waals surface area contributed by atoms with Crippen LogP contribution < -0.4 is 113 Å². The third kappa shape index (κ3) is 59.1. The molecule has 0 unspecified atom stereocenters. The maximum absolute atomic E-state index is 12.0. The second kappa shape index (κ2) is 64.2. The van der Waals surface area contributed by atoms with Crippen LogP contribution >= 0.6 is 11.6 Å². The van der Waals surface area contributed by atoms with E-state index in [0.29, 0.717) is 123 Å². The van der Waals surface area contributed by atoms with Crippen LogP contribution in [-0.4, -0.2) is 186 Å². The van der Waals surface area contributed by atoms with Crippen LogP contribution in [0.5, 0.6) is 92.4 Å². The van der Waals surface area contributed by atoms with Crippen molar-refractivity contribution < 1.29 is 98.8 Å². The smallest absolute Gasteiger partial charge is 0.497 e. The Kier molecular flexibility index (Phi) is 62.6. The van der Waals surface area contributed by atoms with Crippen LogP contribution in [0.25, 0.3) is 0 Å². The SMILES string of the molecule is C.C.C.C.C.CC(C)(C)CNc1cc([N+](=O)[O-])cc([N+](=O)[O-])c1.CC(C)(C)NCc1cccc(OC(F)(F)F)c1.COc1cc(Cl)nc(NCC(C)(C)C)n1.COc1cc(NC(C)(C)C)cc(OC)c1OC.COc1cc(NCC(C)(C)C)cc(OC)c1OC.COc1cc(NCC(C)C)cc(OC)c1.COc1cc(OC)nc(NCC(C)(C)C)n1.COc1cc(OCC(C)(C)C)cc(OC)c1OC. The number of ether oxygens (including phenoxy) is 16. The highest BCUT2D eigenvalue weighted by molar-refractivity contribution is 6.29. The number of nitro groups is 2. The summed E-state index contributed by atoms with van der Waals surface area (Å²) in [6.45, 7) is 53.3. The molecule has 139 heavy (non-hydrogen) atoms. The zero-order valence-corrected chi connectivity index (χ0v) is 86.5. The standard InChI is InChI=1S/C14H23NO3.C14H22O4.C13H21NO3.C12H16F3NO.C12H19NO2.C11H15N3O4.C11H19N3O2.C10H16ClN3O.5CH4/c1-14(2,3)9-15-10-7-11(16-4)13(18-6)12(8-10)17-5;1-14(2,3)9-18-10-7-11(15-4)13(17-6)12(8-10)16-5;1-13(2,3)14-9-7-10(15-4)12(17-6)11(8-9)16-5;1-11(2,3)16-8-9-5-4-6-10(7-9)17-12(13,14)15;1-9(2)8-13-10-5-11(14-3)7-12(6-10)15-4;1-11(2,3)7-12-8-4-9(13(15)16)6-10(5-8)14(17)18;1-11(2,3)7-12-10-13-8(15-4)6-9(14-10)16-5;1-10(2,3)6-12-9-13-7(11)5-8(14-9)15-4;;;;;/h7-8,15H,9H2,1-6H3;7-8H,9H2,1-6H3;7-8,14H,1-6H3;4-7,16H,8H2,1-3H3;5-7,9,13H,8H2,1-4H3;4-6,12H,7H2,1-3H3;6H,7H2,1-5H3,(H,12,13,14);5H,6H2,1-4H3,(H,12,13,14);5*1H4. The number of nitro benzene ring substituents is 2. The minimum atomic E-state index is -4.64. The van der Waals surface area contributed by atoms with Crippen molar-refractivity contribution in [3.63, 3.8) is 0 Å². The summed E-state index contributed by atoms with van der Waals surface area (Å²) in [6.07, 6.45) is -4.64. The Balaban J connectivity index is -0.000000490. The lowest BCUT2D eigenvalue weighted by Crippen LogP contribution is -2.35. The fourth-order valence-electron chi connectivity index (χ4n) is 10.3. The molecule has 0 fully saturated rings. The lowest BCUT2D eigenvalue weighted by Gasteiger charge is -2.23. The van der Waals surface area contributed by atoms with Crippen molar-refractivity contribution in [2.45, 2.75) is 220 Å². The first-order valence-corrected chi connectivity index (χ1v) is 43.3. The van der Waals surface area contributed by atoms with Gasteiger partial charge in [-0.25, -0.2) is 4.98 Å². The van der Waals surface area contributed by atoms with Crippen LogP contribution in [0.3, 0.4) is 0 Å². The van der Waals surface area contributed by atoms with Gasteiger partial charge in [0.25, 0.3) is 11.4 Å². The molecule has 6 aromatic carbocycles.